The maximum absolute atomic E-state index is 12.8. The summed E-state index contributed by atoms with van der Waals surface area (Å²) in [4.78, 5) is 17.7. The quantitative estimate of drug-likeness (QED) is 0.849. The first-order valence-corrected chi connectivity index (χ1v) is 8.04. The first kappa shape index (κ1) is 17.5. The van der Waals surface area contributed by atoms with Gasteiger partial charge in [-0.3, -0.25) is 9.48 Å². The van der Waals surface area contributed by atoms with Crippen LogP contribution in [0.4, 0.5) is 13.2 Å². The van der Waals surface area contributed by atoms with Crippen molar-refractivity contribution in [3.63, 3.8) is 0 Å². The molecule has 6 nitrogen and oxygen atoms in total. The predicted octanol–water partition coefficient (Wildman–Crippen LogP) is 2.28. The second kappa shape index (κ2) is 6.20. The SMILES string of the molecule is Cc1cc(C(=O)N(C)C[C@H]2CCc3nc(C(F)(F)F)cn3C2)nn1C. The van der Waals surface area contributed by atoms with Crippen LogP contribution in [0.5, 0.6) is 0 Å². The zero-order valence-electron chi connectivity index (χ0n) is 14.3. The highest BCUT2D eigenvalue weighted by atomic mass is 19.4. The second-order valence-corrected chi connectivity index (χ2v) is 6.58. The Balaban J connectivity index is 1.66. The number of alkyl halides is 3. The van der Waals surface area contributed by atoms with Gasteiger partial charge < -0.3 is 9.47 Å². The van der Waals surface area contributed by atoms with Gasteiger partial charge >= 0.3 is 6.18 Å². The first-order valence-electron chi connectivity index (χ1n) is 8.04. The van der Waals surface area contributed by atoms with Gasteiger partial charge in [-0.1, -0.05) is 0 Å². The van der Waals surface area contributed by atoms with Crippen LogP contribution in [0.3, 0.4) is 0 Å². The summed E-state index contributed by atoms with van der Waals surface area (Å²) >= 11 is 0. The lowest BCUT2D eigenvalue weighted by molar-refractivity contribution is -0.141. The number of fused-ring (bicyclic) bond motifs is 1. The molecule has 3 rings (SSSR count). The normalized spacial score (nSPS) is 17.4. The van der Waals surface area contributed by atoms with E-state index in [1.807, 2.05) is 6.92 Å². The third-order valence-corrected chi connectivity index (χ3v) is 4.59. The second-order valence-electron chi connectivity index (χ2n) is 6.58. The maximum Gasteiger partial charge on any atom is 0.434 e. The minimum Gasteiger partial charge on any atom is -0.340 e. The van der Waals surface area contributed by atoms with Gasteiger partial charge in [-0.2, -0.15) is 18.3 Å². The van der Waals surface area contributed by atoms with E-state index in [0.717, 1.165) is 11.9 Å². The molecule has 0 radical (unpaired) electrons. The third-order valence-electron chi connectivity index (χ3n) is 4.59. The molecule has 0 unspecified atom stereocenters. The molecule has 1 amide bonds. The summed E-state index contributed by atoms with van der Waals surface area (Å²) in [5.41, 5.74) is 0.412. The summed E-state index contributed by atoms with van der Waals surface area (Å²) in [5.74, 6) is 0.357. The number of nitrogens with zero attached hydrogens (tertiary/aromatic N) is 5. The zero-order valence-corrected chi connectivity index (χ0v) is 14.3. The van der Waals surface area contributed by atoms with E-state index in [9.17, 15) is 18.0 Å². The van der Waals surface area contributed by atoms with Crippen LogP contribution in [0.25, 0.3) is 0 Å². The minimum atomic E-state index is -4.43. The zero-order chi connectivity index (χ0) is 18.4. The molecule has 25 heavy (non-hydrogen) atoms. The van der Waals surface area contributed by atoms with Gasteiger partial charge in [0.2, 0.25) is 0 Å². The van der Waals surface area contributed by atoms with Crippen LogP contribution < -0.4 is 0 Å². The van der Waals surface area contributed by atoms with Gasteiger partial charge in [0.1, 0.15) is 5.82 Å². The van der Waals surface area contributed by atoms with Crippen LogP contribution in [-0.2, 0) is 26.2 Å². The number of amides is 1. The highest BCUT2D eigenvalue weighted by Crippen LogP contribution is 2.30. The standard InChI is InChI=1S/C16H20F3N5O/c1-10-6-12(21-23(10)3)15(25)22(2)7-11-4-5-14-20-13(16(17,18)19)9-24(14)8-11/h6,9,11H,4-5,7-8H2,1-3H3/t11-/m1/s1. The molecule has 0 saturated carbocycles. The Morgan fingerprint density at radius 2 is 2.16 bits per heavy atom. The van der Waals surface area contributed by atoms with E-state index < -0.39 is 11.9 Å². The highest BCUT2D eigenvalue weighted by Gasteiger charge is 2.36. The maximum atomic E-state index is 12.8. The molecular formula is C16H20F3N5O. The number of imidazole rings is 1. The Morgan fingerprint density at radius 3 is 2.76 bits per heavy atom. The number of carbonyl (C=O) groups is 1. The van der Waals surface area contributed by atoms with Gasteiger partial charge in [-0.05, 0) is 25.3 Å². The molecule has 0 saturated heterocycles. The monoisotopic (exact) mass is 355 g/mol. The molecule has 0 N–H and O–H groups in total. The molecule has 0 fully saturated rings. The van der Waals surface area contributed by atoms with Crippen LogP contribution in [0, 0.1) is 12.8 Å². The van der Waals surface area contributed by atoms with Crippen molar-refractivity contribution < 1.29 is 18.0 Å². The lowest BCUT2D eigenvalue weighted by Crippen LogP contribution is -2.35. The molecule has 0 aromatic carbocycles. The van der Waals surface area contributed by atoms with Crippen LogP contribution >= 0.6 is 0 Å². The largest absolute Gasteiger partial charge is 0.434 e. The van der Waals surface area contributed by atoms with Gasteiger partial charge in [0.25, 0.3) is 5.91 Å². The molecular weight excluding hydrogens is 335 g/mol. The lowest BCUT2D eigenvalue weighted by Gasteiger charge is -2.27. The summed E-state index contributed by atoms with van der Waals surface area (Å²) in [6.07, 6.45) is -2.19. The Labute approximate surface area is 143 Å². The molecule has 0 spiro atoms. The molecule has 9 heteroatoms. The van der Waals surface area contributed by atoms with Gasteiger partial charge in [0.15, 0.2) is 11.4 Å². The molecule has 2 aromatic rings. The summed E-state index contributed by atoms with van der Waals surface area (Å²) in [6, 6.07) is 1.73. The molecule has 0 aliphatic carbocycles. The predicted molar refractivity (Wildman–Crippen MR) is 83.9 cm³/mol. The Morgan fingerprint density at radius 1 is 1.44 bits per heavy atom. The van der Waals surface area contributed by atoms with Gasteiger partial charge in [-0.25, -0.2) is 4.98 Å². The number of aromatic nitrogens is 4. The average Bonchev–Trinajstić information content (AvgIpc) is 3.09. The van der Waals surface area contributed by atoms with Crippen LogP contribution in [0.15, 0.2) is 12.3 Å². The molecule has 1 aliphatic rings. The fraction of sp³-hybridized carbons (Fsp3) is 0.562. The van der Waals surface area contributed by atoms with Crippen molar-refractivity contribution in [1.82, 2.24) is 24.2 Å². The van der Waals surface area contributed by atoms with E-state index in [2.05, 4.69) is 10.1 Å². The lowest BCUT2D eigenvalue weighted by atomic mass is 9.99. The average molecular weight is 355 g/mol. The van der Waals surface area contributed by atoms with Crippen molar-refractivity contribution >= 4 is 5.91 Å². The topological polar surface area (TPSA) is 56.0 Å². The van der Waals surface area contributed by atoms with Gasteiger partial charge in [0, 0.05) is 45.5 Å². The fourth-order valence-corrected chi connectivity index (χ4v) is 3.13. The van der Waals surface area contributed by atoms with Crippen LogP contribution in [0.2, 0.25) is 0 Å². The van der Waals surface area contributed by atoms with Gasteiger partial charge in [-0.15, -0.1) is 0 Å². The summed E-state index contributed by atoms with van der Waals surface area (Å²) < 4.78 is 41.5. The number of aryl methyl sites for hydroxylation is 3. The van der Waals surface area contributed by atoms with Crippen molar-refractivity contribution in [1.29, 1.82) is 0 Å². The molecule has 2 aromatic heterocycles. The number of carbonyl (C=O) groups excluding carboxylic acids is 1. The molecule has 1 atom stereocenters. The number of rotatable bonds is 3. The number of halogens is 3. The third kappa shape index (κ3) is 3.54. The summed E-state index contributed by atoms with van der Waals surface area (Å²) in [7, 11) is 3.46. The van der Waals surface area contributed by atoms with Crippen molar-refractivity contribution in [3.05, 3.63) is 35.2 Å². The highest BCUT2D eigenvalue weighted by molar-refractivity contribution is 5.92. The van der Waals surface area contributed by atoms with E-state index >= 15 is 0 Å². The fourth-order valence-electron chi connectivity index (χ4n) is 3.13. The van der Waals surface area contributed by atoms with Crippen molar-refractivity contribution in [2.45, 2.75) is 32.5 Å². The van der Waals surface area contributed by atoms with E-state index in [1.54, 1.807) is 34.3 Å². The van der Waals surface area contributed by atoms with E-state index in [4.69, 9.17) is 0 Å². The van der Waals surface area contributed by atoms with Crippen molar-refractivity contribution in [3.8, 4) is 0 Å². The Bertz CT molecular complexity index is 773. The summed E-state index contributed by atoms with van der Waals surface area (Å²) in [5, 5.41) is 4.18. The van der Waals surface area contributed by atoms with Crippen molar-refractivity contribution in [2.75, 3.05) is 13.6 Å². The number of hydrogen-bond acceptors (Lipinski definition) is 3. The summed E-state index contributed by atoms with van der Waals surface area (Å²) in [6.45, 7) is 2.76. The van der Waals surface area contributed by atoms with Crippen LogP contribution in [-0.4, -0.2) is 43.7 Å². The van der Waals surface area contributed by atoms with Crippen LogP contribution in [0.1, 0.15) is 34.1 Å². The number of hydrogen-bond donors (Lipinski definition) is 0. The van der Waals surface area contributed by atoms with E-state index in [0.29, 0.717) is 37.4 Å². The molecule has 1 aliphatic heterocycles. The molecule has 136 valence electrons. The van der Waals surface area contributed by atoms with E-state index in [-0.39, 0.29) is 11.8 Å². The van der Waals surface area contributed by atoms with Crippen molar-refractivity contribution in [2.24, 2.45) is 13.0 Å². The minimum absolute atomic E-state index is 0.0848. The molecule has 0 bridgehead atoms. The smallest absolute Gasteiger partial charge is 0.340 e. The van der Waals surface area contributed by atoms with E-state index in [1.165, 1.54) is 0 Å². The molecule has 3 heterocycles. The Kier molecular flexibility index (Phi) is 4.34. The van der Waals surface area contributed by atoms with Gasteiger partial charge in [0.05, 0.1) is 0 Å². The Hall–Kier alpha value is -2.32. The first-order chi connectivity index (χ1) is 11.6.